The summed E-state index contributed by atoms with van der Waals surface area (Å²) in [5, 5.41) is 6.42. The maximum atomic E-state index is 12.6. The van der Waals surface area contributed by atoms with Gasteiger partial charge in [0, 0.05) is 31.2 Å². The van der Waals surface area contributed by atoms with Gasteiger partial charge in [-0.1, -0.05) is 37.0 Å². The van der Waals surface area contributed by atoms with E-state index in [9.17, 15) is 9.59 Å². The molecule has 1 heterocycles. The fourth-order valence-corrected chi connectivity index (χ4v) is 3.84. The number of amides is 2. The largest absolute Gasteiger partial charge is 0.373 e. The molecule has 1 aromatic rings. The number of rotatable bonds is 7. The van der Waals surface area contributed by atoms with Gasteiger partial charge in [-0.3, -0.25) is 14.5 Å². The molecule has 8 heteroatoms. The molecule has 1 aliphatic heterocycles. The lowest BCUT2D eigenvalue weighted by atomic mass is 10.0. The second-order valence-electron chi connectivity index (χ2n) is 7.63. The zero-order valence-corrected chi connectivity index (χ0v) is 18.3. The van der Waals surface area contributed by atoms with Crippen LogP contribution in [0.1, 0.15) is 38.1 Å². The topological polar surface area (TPSA) is 70.7 Å². The molecule has 6 nitrogen and oxygen atoms in total. The summed E-state index contributed by atoms with van der Waals surface area (Å²) in [6, 6.07) is 4.00. The van der Waals surface area contributed by atoms with E-state index in [1.165, 1.54) is 6.07 Å². The van der Waals surface area contributed by atoms with Crippen molar-refractivity contribution in [3.63, 3.8) is 0 Å². The van der Waals surface area contributed by atoms with E-state index in [1.54, 1.807) is 12.1 Å². The maximum Gasteiger partial charge on any atom is 0.253 e. The van der Waals surface area contributed by atoms with Crippen LogP contribution in [0.2, 0.25) is 10.0 Å². The zero-order chi connectivity index (χ0) is 20.8. The van der Waals surface area contributed by atoms with Crippen LogP contribution in [0.5, 0.6) is 0 Å². The summed E-state index contributed by atoms with van der Waals surface area (Å²) >= 11 is 12.0. The Morgan fingerprint density at radius 3 is 2.43 bits per heavy atom. The molecule has 0 radical (unpaired) electrons. The highest BCUT2D eigenvalue weighted by atomic mass is 35.5. The van der Waals surface area contributed by atoms with E-state index >= 15 is 0 Å². The van der Waals surface area contributed by atoms with Crippen LogP contribution >= 0.6 is 23.2 Å². The number of hydrogen-bond donors (Lipinski definition) is 2. The first-order chi connectivity index (χ1) is 13.2. The minimum absolute atomic E-state index is 0.0709. The monoisotopic (exact) mass is 429 g/mol. The maximum absolute atomic E-state index is 12.6. The molecule has 1 aliphatic rings. The van der Waals surface area contributed by atoms with Crippen molar-refractivity contribution in [3.8, 4) is 0 Å². The Balaban J connectivity index is 1.90. The Hall–Kier alpha value is -1.34. The average molecular weight is 430 g/mol. The van der Waals surface area contributed by atoms with E-state index in [1.807, 2.05) is 27.7 Å². The Labute approximate surface area is 176 Å². The van der Waals surface area contributed by atoms with Crippen molar-refractivity contribution in [1.29, 1.82) is 0 Å². The molecule has 1 aromatic carbocycles. The standard InChI is InChI=1S/C20H29Cl2N3O3/c1-12(2)18(24-19(26)16-6-5-15(21)9-17(16)22)20(27)23-7-8-25-10-13(3)28-14(4)11-25/h5-6,9,12-14,18H,7-8,10-11H2,1-4H3,(H,23,27)(H,24,26). The fourth-order valence-electron chi connectivity index (χ4n) is 3.34. The number of carbonyl (C=O) groups is 2. The molecular weight excluding hydrogens is 401 g/mol. The number of ether oxygens (including phenoxy) is 1. The SMILES string of the molecule is CC1CN(CCNC(=O)C(NC(=O)c2ccc(Cl)cc2Cl)C(C)C)CC(C)O1. The first-order valence-corrected chi connectivity index (χ1v) is 10.3. The number of halogens is 2. The summed E-state index contributed by atoms with van der Waals surface area (Å²) in [6.45, 7) is 10.8. The number of hydrogen-bond acceptors (Lipinski definition) is 4. The van der Waals surface area contributed by atoms with Gasteiger partial charge in [0.15, 0.2) is 0 Å². The van der Waals surface area contributed by atoms with Gasteiger partial charge in [-0.25, -0.2) is 0 Å². The number of morpholine rings is 1. The molecule has 0 saturated carbocycles. The van der Waals surface area contributed by atoms with Crippen molar-refractivity contribution >= 4 is 35.0 Å². The number of benzene rings is 1. The second-order valence-corrected chi connectivity index (χ2v) is 8.47. The van der Waals surface area contributed by atoms with Crippen LogP contribution in [0.3, 0.4) is 0 Å². The van der Waals surface area contributed by atoms with Gasteiger partial charge < -0.3 is 15.4 Å². The number of nitrogens with one attached hydrogen (secondary N) is 2. The first kappa shape index (κ1) is 22.9. The van der Waals surface area contributed by atoms with E-state index in [2.05, 4.69) is 15.5 Å². The molecule has 3 atom stereocenters. The van der Waals surface area contributed by atoms with Gasteiger partial charge in [0.1, 0.15) is 6.04 Å². The Morgan fingerprint density at radius 2 is 1.86 bits per heavy atom. The van der Waals surface area contributed by atoms with Crippen molar-refractivity contribution in [2.45, 2.75) is 45.9 Å². The van der Waals surface area contributed by atoms with Crippen LogP contribution in [0.25, 0.3) is 0 Å². The third-order valence-corrected chi connectivity index (χ3v) is 5.18. The smallest absolute Gasteiger partial charge is 0.253 e. The van der Waals surface area contributed by atoms with Crippen molar-refractivity contribution < 1.29 is 14.3 Å². The molecule has 0 aliphatic carbocycles. The molecule has 1 fully saturated rings. The van der Waals surface area contributed by atoms with Gasteiger partial charge in [-0.05, 0) is 38.0 Å². The van der Waals surface area contributed by atoms with Crippen LogP contribution < -0.4 is 10.6 Å². The summed E-state index contributed by atoms with van der Waals surface area (Å²) in [7, 11) is 0. The highest BCUT2D eigenvalue weighted by Crippen LogP contribution is 2.21. The van der Waals surface area contributed by atoms with E-state index in [0.29, 0.717) is 17.1 Å². The lowest BCUT2D eigenvalue weighted by Gasteiger charge is -2.35. The van der Waals surface area contributed by atoms with Crippen molar-refractivity contribution in [2.75, 3.05) is 26.2 Å². The number of nitrogens with zero attached hydrogens (tertiary/aromatic N) is 1. The van der Waals surface area contributed by atoms with Crippen LogP contribution in [-0.4, -0.2) is 61.1 Å². The van der Waals surface area contributed by atoms with Gasteiger partial charge in [0.25, 0.3) is 5.91 Å². The summed E-state index contributed by atoms with van der Waals surface area (Å²) in [5.74, 6) is -0.674. The number of carbonyl (C=O) groups excluding carboxylic acids is 2. The molecule has 2 amide bonds. The van der Waals surface area contributed by atoms with Gasteiger partial charge in [0.05, 0.1) is 22.8 Å². The summed E-state index contributed by atoms with van der Waals surface area (Å²) in [4.78, 5) is 27.5. The molecule has 28 heavy (non-hydrogen) atoms. The highest BCUT2D eigenvalue weighted by Gasteiger charge is 2.26. The van der Waals surface area contributed by atoms with Crippen molar-refractivity contribution in [1.82, 2.24) is 15.5 Å². The minimum Gasteiger partial charge on any atom is -0.373 e. The summed E-state index contributed by atoms with van der Waals surface area (Å²) in [5.41, 5.74) is 0.292. The van der Waals surface area contributed by atoms with E-state index in [-0.39, 0.29) is 29.1 Å². The molecule has 2 rings (SSSR count). The van der Waals surface area contributed by atoms with Crippen molar-refractivity contribution in [3.05, 3.63) is 33.8 Å². The van der Waals surface area contributed by atoms with Crippen LogP contribution in [0, 0.1) is 5.92 Å². The molecule has 0 spiro atoms. The van der Waals surface area contributed by atoms with Crippen LogP contribution in [-0.2, 0) is 9.53 Å². The van der Waals surface area contributed by atoms with E-state index < -0.39 is 11.9 Å². The predicted octanol–water partition coefficient (Wildman–Crippen LogP) is 2.97. The minimum atomic E-state index is -0.651. The summed E-state index contributed by atoms with van der Waals surface area (Å²) < 4.78 is 5.72. The molecular formula is C20H29Cl2N3O3. The van der Waals surface area contributed by atoms with Crippen LogP contribution in [0.15, 0.2) is 18.2 Å². The molecule has 3 unspecified atom stereocenters. The quantitative estimate of drug-likeness (QED) is 0.698. The molecule has 0 aromatic heterocycles. The third kappa shape index (κ3) is 6.62. The van der Waals surface area contributed by atoms with Gasteiger partial charge >= 0.3 is 0 Å². The van der Waals surface area contributed by atoms with E-state index in [4.69, 9.17) is 27.9 Å². The van der Waals surface area contributed by atoms with Crippen LogP contribution in [0.4, 0.5) is 0 Å². The second kappa shape index (κ2) is 10.4. The van der Waals surface area contributed by atoms with E-state index in [0.717, 1.165) is 19.6 Å². The third-order valence-electron chi connectivity index (χ3n) is 4.63. The Bertz CT molecular complexity index is 689. The lowest BCUT2D eigenvalue weighted by molar-refractivity contribution is -0.124. The Kier molecular flexibility index (Phi) is 8.56. The molecule has 1 saturated heterocycles. The van der Waals surface area contributed by atoms with Gasteiger partial charge in [-0.2, -0.15) is 0 Å². The van der Waals surface area contributed by atoms with Gasteiger partial charge in [-0.15, -0.1) is 0 Å². The fraction of sp³-hybridized carbons (Fsp3) is 0.600. The molecule has 156 valence electrons. The first-order valence-electron chi connectivity index (χ1n) is 9.58. The Morgan fingerprint density at radius 1 is 1.21 bits per heavy atom. The average Bonchev–Trinajstić information content (AvgIpc) is 2.58. The molecule has 2 N–H and O–H groups in total. The summed E-state index contributed by atoms with van der Waals surface area (Å²) in [6.07, 6.45) is 0.373. The van der Waals surface area contributed by atoms with Gasteiger partial charge in [0.2, 0.25) is 5.91 Å². The lowest BCUT2D eigenvalue weighted by Crippen LogP contribution is -2.52. The van der Waals surface area contributed by atoms with Crippen molar-refractivity contribution in [2.24, 2.45) is 5.92 Å². The highest BCUT2D eigenvalue weighted by molar-refractivity contribution is 6.36. The molecule has 0 bridgehead atoms. The predicted molar refractivity (Wildman–Crippen MR) is 112 cm³/mol. The zero-order valence-electron chi connectivity index (χ0n) is 16.8. The normalized spacial score (nSPS) is 21.4.